The molecule has 2 heterocycles. The SMILES string of the molecule is Cn1cnnc1Sc1ccc(NC(=O)c2ccncc2)cc1. The number of carbonyl (C=O) groups is 1. The summed E-state index contributed by atoms with van der Waals surface area (Å²) < 4.78 is 1.85. The molecule has 0 unspecified atom stereocenters. The lowest BCUT2D eigenvalue weighted by atomic mass is 10.2. The van der Waals surface area contributed by atoms with Crippen molar-refractivity contribution < 1.29 is 4.79 Å². The highest BCUT2D eigenvalue weighted by molar-refractivity contribution is 7.99. The number of aromatic nitrogens is 4. The maximum absolute atomic E-state index is 12.0. The molecule has 0 radical (unpaired) electrons. The van der Waals surface area contributed by atoms with Gasteiger partial charge in [-0.3, -0.25) is 9.78 Å². The quantitative estimate of drug-likeness (QED) is 0.802. The number of rotatable bonds is 4. The summed E-state index contributed by atoms with van der Waals surface area (Å²) in [6, 6.07) is 10.9. The summed E-state index contributed by atoms with van der Waals surface area (Å²) >= 11 is 1.51. The maximum atomic E-state index is 12.0. The van der Waals surface area contributed by atoms with Crippen LogP contribution in [-0.4, -0.2) is 25.7 Å². The van der Waals surface area contributed by atoms with Gasteiger partial charge in [-0.15, -0.1) is 10.2 Å². The molecule has 0 spiro atoms. The number of aryl methyl sites for hydroxylation is 1. The third kappa shape index (κ3) is 3.32. The maximum Gasteiger partial charge on any atom is 0.255 e. The Bertz CT molecular complexity index is 770. The number of hydrogen-bond acceptors (Lipinski definition) is 5. The van der Waals surface area contributed by atoms with Crippen LogP contribution in [-0.2, 0) is 7.05 Å². The molecule has 0 atom stereocenters. The van der Waals surface area contributed by atoms with E-state index in [1.54, 1.807) is 30.9 Å². The van der Waals surface area contributed by atoms with Crippen LogP contribution in [0.5, 0.6) is 0 Å². The van der Waals surface area contributed by atoms with Crippen LogP contribution in [0.15, 0.2) is 65.2 Å². The predicted molar refractivity (Wildman–Crippen MR) is 83.8 cm³/mol. The molecule has 6 nitrogen and oxygen atoms in total. The van der Waals surface area contributed by atoms with Crippen molar-refractivity contribution in [1.82, 2.24) is 19.7 Å². The molecule has 3 aromatic rings. The van der Waals surface area contributed by atoms with E-state index in [9.17, 15) is 4.79 Å². The fraction of sp³-hybridized carbons (Fsp3) is 0.0667. The largest absolute Gasteiger partial charge is 0.322 e. The van der Waals surface area contributed by atoms with E-state index in [0.717, 1.165) is 15.7 Å². The fourth-order valence-corrected chi connectivity index (χ4v) is 2.55. The zero-order valence-corrected chi connectivity index (χ0v) is 12.6. The summed E-state index contributed by atoms with van der Waals surface area (Å²) in [5.41, 5.74) is 1.32. The molecule has 1 aromatic carbocycles. The highest BCUT2D eigenvalue weighted by Crippen LogP contribution is 2.26. The Balaban J connectivity index is 1.67. The molecule has 1 N–H and O–H groups in total. The van der Waals surface area contributed by atoms with Crippen LogP contribution < -0.4 is 5.32 Å². The highest BCUT2D eigenvalue weighted by atomic mass is 32.2. The number of anilines is 1. The van der Waals surface area contributed by atoms with Crippen LogP contribution >= 0.6 is 11.8 Å². The minimum Gasteiger partial charge on any atom is -0.322 e. The zero-order chi connectivity index (χ0) is 15.4. The summed E-state index contributed by atoms with van der Waals surface area (Å²) in [4.78, 5) is 17.0. The molecule has 0 aliphatic rings. The molecule has 0 fully saturated rings. The van der Waals surface area contributed by atoms with Crippen molar-refractivity contribution in [2.24, 2.45) is 7.05 Å². The first-order chi connectivity index (χ1) is 10.7. The molecular weight excluding hydrogens is 298 g/mol. The fourth-order valence-electron chi connectivity index (χ4n) is 1.78. The Morgan fingerprint density at radius 1 is 1.14 bits per heavy atom. The van der Waals surface area contributed by atoms with E-state index in [-0.39, 0.29) is 5.91 Å². The van der Waals surface area contributed by atoms with E-state index in [1.807, 2.05) is 35.9 Å². The standard InChI is InChI=1S/C15H13N5OS/c1-20-10-17-19-15(20)22-13-4-2-12(3-5-13)18-14(21)11-6-8-16-9-7-11/h2-10H,1H3,(H,18,21). The van der Waals surface area contributed by atoms with Crippen LogP contribution in [0.4, 0.5) is 5.69 Å². The second-order valence-corrected chi connectivity index (χ2v) is 5.58. The van der Waals surface area contributed by atoms with Gasteiger partial charge in [0.05, 0.1) is 0 Å². The van der Waals surface area contributed by atoms with Crippen LogP contribution in [0, 0.1) is 0 Å². The van der Waals surface area contributed by atoms with Crippen molar-refractivity contribution >= 4 is 23.4 Å². The topological polar surface area (TPSA) is 72.7 Å². The minimum atomic E-state index is -0.156. The molecular formula is C15H13N5OS. The lowest BCUT2D eigenvalue weighted by Crippen LogP contribution is -2.11. The Hall–Kier alpha value is -2.67. The van der Waals surface area contributed by atoms with Gasteiger partial charge in [0.25, 0.3) is 5.91 Å². The Morgan fingerprint density at radius 2 is 1.86 bits per heavy atom. The van der Waals surface area contributed by atoms with Crippen molar-refractivity contribution in [2.75, 3.05) is 5.32 Å². The number of nitrogens with one attached hydrogen (secondary N) is 1. The van der Waals surface area contributed by atoms with Gasteiger partial charge in [0.1, 0.15) is 6.33 Å². The molecule has 0 aliphatic carbocycles. The minimum absolute atomic E-state index is 0.156. The van der Waals surface area contributed by atoms with Crippen molar-refractivity contribution in [2.45, 2.75) is 10.1 Å². The number of pyridine rings is 1. The second-order valence-electron chi connectivity index (χ2n) is 4.54. The molecule has 3 rings (SSSR count). The number of carbonyl (C=O) groups excluding carboxylic acids is 1. The van der Waals surface area contributed by atoms with Gasteiger partial charge < -0.3 is 9.88 Å². The van der Waals surface area contributed by atoms with E-state index in [0.29, 0.717) is 5.56 Å². The van der Waals surface area contributed by atoms with Crippen LogP contribution in [0.2, 0.25) is 0 Å². The average molecular weight is 311 g/mol. The van der Waals surface area contributed by atoms with Crippen LogP contribution in [0.3, 0.4) is 0 Å². The third-order valence-corrected chi connectivity index (χ3v) is 3.99. The first-order valence-corrected chi connectivity index (χ1v) is 7.37. The third-order valence-electron chi connectivity index (χ3n) is 2.93. The molecule has 110 valence electrons. The van der Waals surface area contributed by atoms with Gasteiger partial charge in [-0.2, -0.15) is 0 Å². The summed E-state index contributed by atoms with van der Waals surface area (Å²) in [5.74, 6) is -0.156. The highest BCUT2D eigenvalue weighted by Gasteiger charge is 2.06. The summed E-state index contributed by atoms with van der Waals surface area (Å²) in [7, 11) is 1.89. The van der Waals surface area contributed by atoms with E-state index in [2.05, 4.69) is 20.5 Å². The van der Waals surface area contributed by atoms with Gasteiger partial charge in [-0.1, -0.05) is 0 Å². The zero-order valence-electron chi connectivity index (χ0n) is 11.8. The Labute approximate surface area is 131 Å². The van der Waals surface area contributed by atoms with E-state index in [4.69, 9.17) is 0 Å². The van der Waals surface area contributed by atoms with Crippen molar-refractivity contribution in [3.8, 4) is 0 Å². The van der Waals surface area contributed by atoms with E-state index < -0.39 is 0 Å². The summed E-state index contributed by atoms with van der Waals surface area (Å²) in [6.45, 7) is 0. The van der Waals surface area contributed by atoms with E-state index >= 15 is 0 Å². The normalized spacial score (nSPS) is 10.4. The Kier molecular flexibility index (Phi) is 4.15. The molecule has 7 heteroatoms. The first kappa shape index (κ1) is 14.3. The van der Waals surface area contributed by atoms with Crippen molar-refractivity contribution in [3.63, 3.8) is 0 Å². The molecule has 2 aromatic heterocycles. The molecule has 0 bridgehead atoms. The molecule has 22 heavy (non-hydrogen) atoms. The molecule has 0 saturated heterocycles. The van der Waals surface area contributed by atoms with Crippen LogP contribution in [0.1, 0.15) is 10.4 Å². The van der Waals surface area contributed by atoms with Crippen molar-refractivity contribution in [1.29, 1.82) is 0 Å². The lowest BCUT2D eigenvalue weighted by Gasteiger charge is -2.06. The average Bonchev–Trinajstić information content (AvgIpc) is 2.95. The number of benzene rings is 1. The first-order valence-electron chi connectivity index (χ1n) is 6.55. The molecule has 0 aliphatic heterocycles. The van der Waals surface area contributed by atoms with Crippen LogP contribution in [0.25, 0.3) is 0 Å². The number of nitrogens with zero attached hydrogens (tertiary/aromatic N) is 4. The lowest BCUT2D eigenvalue weighted by molar-refractivity contribution is 0.102. The van der Waals surface area contributed by atoms with Gasteiger partial charge in [-0.25, -0.2) is 0 Å². The molecule has 0 saturated carbocycles. The van der Waals surface area contributed by atoms with Gasteiger partial charge >= 0.3 is 0 Å². The van der Waals surface area contributed by atoms with Gasteiger partial charge in [0, 0.05) is 35.6 Å². The number of hydrogen-bond donors (Lipinski definition) is 1. The molecule has 1 amide bonds. The smallest absolute Gasteiger partial charge is 0.255 e. The summed E-state index contributed by atoms with van der Waals surface area (Å²) in [5, 5.41) is 11.5. The second kappa shape index (κ2) is 6.40. The monoisotopic (exact) mass is 311 g/mol. The number of amides is 1. The Morgan fingerprint density at radius 3 is 2.50 bits per heavy atom. The van der Waals surface area contributed by atoms with Gasteiger partial charge in [0.15, 0.2) is 5.16 Å². The van der Waals surface area contributed by atoms with Gasteiger partial charge in [0.2, 0.25) is 0 Å². The van der Waals surface area contributed by atoms with Crippen molar-refractivity contribution in [3.05, 3.63) is 60.7 Å². The van der Waals surface area contributed by atoms with E-state index in [1.165, 1.54) is 11.8 Å². The van der Waals surface area contributed by atoms with Gasteiger partial charge in [-0.05, 0) is 48.2 Å². The predicted octanol–water partition coefficient (Wildman–Crippen LogP) is 2.61. The summed E-state index contributed by atoms with van der Waals surface area (Å²) in [6.07, 6.45) is 4.84.